The van der Waals surface area contributed by atoms with Gasteiger partial charge in [-0.1, -0.05) is 28.1 Å². The molecular formula is C15H20BrNO4. The summed E-state index contributed by atoms with van der Waals surface area (Å²) in [6, 6.07) is 5.81. The summed E-state index contributed by atoms with van der Waals surface area (Å²) < 4.78 is 6.04. The van der Waals surface area contributed by atoms with Crippen molar-refractivity contribution in [1.82, 2.24) is 4.90 Å². The third-order valence-electron chi connectivity index (χ3n) is 2.68. The van der Waals surface area contributed by atoms with Crippen LogP contribution in [0.2, 0.25) is 0 Å². The quantitative estimate of drug-likeness (QED) is 0.888. The van der Waals surface area contributed by atoms with Gasteiger partial charge >= 0.3 is 12.1 Å². The van der Waals surface area contributed by atoms with E-state index in [9.17, 15) is 14.7 Å². The maximum atomic E-state index is 12.2. The Morgan fingerprint density at radius 2 is 2.00 bits per heavy atom. The van der Waals surface area contributed by atoms with Crippen LogP contribution in [0.5, 0.6) is 0 Å². The average molecular weight is 358 g/mol. The standard InChI is InChI=1S/C15H20BrNO4/c1-5-17(14(20)21-15(2,3)4)12(13(18)19)10-7-6-8-11(16)9-10/h6-9,12H,5H2,1-4H3,(H,18,19). The second kappa shape index (κ2) is 6.93. The fourth-order valence-electron chi connectivity index (χ4n) is 1.87. The van der Waals surface area contributed by atoms with E-state index in [-0.39, 0.29) is 6.54 Å². The first kappa shape index (κ1) is 17.5. The molecule has 5 nitrogen and oxygen atoms in total. The van der Waals surface area contributed by atoms with Crippen molar-refractivity contribution in [2.45, 2.75) is 39.3 Å². The first-order valence-electron chi connectivity index (χ1n) is 6.63. The van der Waals surface area contributed by atoms with Gasteiger partial charge in [0.1, 0.15) is 5.60 Å². The first-order valence-corrected chi connectivity index (χ1v) is 7.43. The number of aliphatic carboxylic acids is 1. The Morgan fingerprint density at radius 3 is 2.43 bits per heavy atom. The second-order valence-corrected chi connectivity index (χ2v) is 6.48. The monoisotopic (exact) mass is 357 g/mol. The summed E-state index contributed by atoms with van der Waals surface area (Å²) in [5.41, 5.74) is -0.158. The van der Waals surface area contributed by atoms with Crippen molar-refractivity contribution >= 4 is 28.0 Å². The zero-order valence-electron chi connectivity index (χ0n) is 12.6. The van der Waals surface area contributed by atoms with Crippen LogP contribution in [0.1, 0.15) is 39.3 Å². The molecule has 0 aromatic heterocycles. The predicted molar refractivity (Wildman–Crippen MR) is 83.1 cm³/mol. The van der Waals surface area contributed by atoms with Crippen LogP contribution in [0.15, 0.2) is 28.7 Å². The summed E-state index contributed by atoms with van der Waals surface area (Å²) in [6.07, 6.45) is -0.641. The van der Waals surface area contributed by atoms with Crippen molar-refractivity contribution in [3.63, 3.8) is 0 Å². The maximum absolute atomic E-state index is 12.2. The number of nitrogens with zero attached hydrogens (tertiary/aromatic N) is 1. The van der Waals surface area contributed by atoms with Gasteiger partial charge in [-0.05, 0) is 45.4 Å². The minimum absolute atomic E-state index is 0.235. The van der Waals surface area contributed by atoms with Crippen LogP contribution in [0.25, 0.3) is 0 Å². The van der Waals surface area contributed by atoms with Gasteiger partial charge in [0, 0.05) is 11.0 Å². The van der Waals surface area contributed by atoms with E-state index in [1.54, 1.807) is 52.0 Å². The topological polar surface area (TPSA) is 66.8 Å². The Hall–Kier alpha value is -1.56. The largest absolute Gasteiger partial charge is 0.479 e. The van der Waals surface area contributed by atoms with Crippen LogP contribution in [0.4, 0.5) is 4.79 Å². The molecule has 0 saturated heterocycles. The number of carbonyl (C=O) groups excluding carboxylic acids is 1. The zero-order valence-corrected chi connectivity index (χ0v) is 14.2. The third kappa shape index (κ3) is 5.04. The van der Waals surface area contributed by atoms with Crippen LogP contribution in [-0.2, 0) is 9.53 Å². The molecule has 0 saturated carbocycles. The van der Waals surface area contributed by atoms with E-state index in [1.165, 1.54) is 4.90 Å². The van der Waals surface area contributed by atoms with E-state index in [0.717, 1.165) is 4.47 Å². The molecule has 1 aromatic rings. The van der Waals surface area contributed by atoms with Crippen molar-refractivity contribution in [2.24, 2.45) is 0 Å². The number of carboxylic acid groups (broad SMARTS) is 1. The number of carbonyl (C=O) groups is 2. The number of hydrogen-bond acceptors (Lipinski definition) is 3. The highest BCUT2D eigenvalue weighted by atomic mass is 79.9. The minimum atomic E-state index is -1.10. The molecule has 0 aliphatic heterocycles. The fourth-order valence-corrected chi connectivity index (χ4v) is 2.29. The molecular weight excluding hydrogens is 338 g/mol. The van der Waals surface area contributed by atoms with Crippen molar-refractivity contribution in [3.05, 3.63) is 34.3 Å². The molecule has 1 N–H and O–H groups in total. The van der Waals surface area contributed by atoms with Crippen molar-refractivity contribution < 1.29 is 19.4 Å². The van der Waals surface area contributed by atoms with Gasteiger partial charge in [-0.2, -0.15) is 0 Å². The van der Waals surface area contributed by atoms with Crippen molar-refractivity contribution in [2.75, 3.05) is 6.54 Å². The van der Waals surface area contributed by atoms with E-state index >= 15 is 0 Å². The number of ether oxygens (including phenoxy) is 1. The molecule has 6 heteroatoms. The summed E-state index contributed by atoms with van der Waals surface area (Å²) in [5, 5.41) is 9.50. The molecule has 0 radical (unpaired) electrons. The fraction of sp³-hybridized carbons (Fsp3) is 0.467. The molecule has 0 bridgehead atoms. The van der Waals surface area contributed by atoms with E-state index in [1.807, 2.05) is 0 Å². The SMILES string of the molecule is CCN(C(=O)OC(C)(C)C)C(C(=O)O)c1cccc(Br)c1. The lowest BCUT2D eigenvalue weighted by Gasteiger charge is -2.30. The lowest BCUT2D eigenvalue weighted by molar-refractivity contribution is -0.143. The lowest BCUT2D eigenvalue weighted by Crippen LogP contribution is -2.42. The lowest BCUT2D eigenvalue weighted by atomic mass is 10.1. The highest BCUT2D eigenvalue weighted by Gasteiger charge is 2.33. The van der Waals surface area contributed by atoms with Crippen LogP contribution in [0.3, 0.4) is 0 Å². The Bertz CT molecular complexity index is 525. The molecule has 1 aromatic carbocycles. The van der Waals surface area contributed by atoms with Gasteiger partial charge < -0.3 is 9.84 Å². The Balaban J connectivity index is 3.13. The van der Waals surface area contributed by atoms with Gasteiger partial charge in [0.05, 0.1) is 0 Å². The van der Waals surface area contributed by atoms with Gasteiger partial charge in [-0.15, -0.1) is 0 Å². The normalized spacial score (nSPS) is 12.6. The molecule has 1 amide bonds. The minimum Gasteiger partial charge on any atom is -0.479 e. The van der Waals surface area contributed by atoms with Crippen molar-refractivity contribution in [3.8, 4) is 0 Å². The van der Waals surface area contributed by atoms with E-state index < -0.39 is 23.7 Å². The number of amides is 1. The van der Waals surface area contributed by atoms with Crippen LogP contribution >= 0.6 is 15.9 Å². The first-order chi connectivity index (χ1) is 9.65. The van der Waals surface area contributed by atoms with Gasteiger partial charge in [0.15, 0.2) is 6.04 Å². The summed E-state index contributed by atoms with van der Waals surface area (Å²) >= 11 is 3.31. The summed E-state index contributed by atoms with van der Waals surface area (Å²) in [5.74, 6) is -1.10. The average Bonchev–Trinajstić information content (AvgIpc) is 2.32. The number of rotatable bonds is 4. The van der Waals surface area contributed by atoms with Gasteiger partial charge in [0.2, 0.25) is 0 Å². The molecule has 0 aliphatic rings. The Labute approximate surface area is 133 Å². The second-order valence-electron chi connectivity index (χ2n) is 5.56. The molecule has 21 heavy (non-hydrogen) atoms. The number of likely N-dealkylation sites (N-methyl/N-ethyl adjacent to an activating group) is 1. The zero-order chi connectivity index (χ0) is 16.2. The molecule has 116 valence electrons. The highest BCUT2D eigenvalue weighted by molar-refractivity contribution is 9.10. The van der Waals surface area contributed by atoms with Crippen LogP contribution < -0.4 is 0 Å². The van der Waals surface area contributed by atoms with Crippen molar-refractivity contribution in [1.29, 1.82) is 0 Å². The molecule has 0 fully saturated rings. The summed E-state index contributed by atoms with van der Waals surface area (Å²) in [4.78, 5) is 25.0. The highest BCUT2D eigenvalue weighted by Crippen LogP contribution is 2.25. The number of hydrogen-bond donors (Lipinski definition) is 1. The summed E-state index contributed by atoms with van der Waals surface area (Å²) in [7, 11) is 0. The molecule has 1 unspecified atom stereocenters. The maximum Gasteiger partial charge on any atom is 0.411 e. The molecule has 1 atom stereocenters. The van der Waals surface area contributed by atoms with E-state index in [0.29, 0.717) is 5.56 Å². The van der Waals surface area contributed by atoms with Gasteiger partial charge in [-0.3, -0.25) is 4.90 Å². The van der Waals surface area contributed by atoms with Gasteiger partial charge in [0.25, 0.3) is 0 Å². The molecule has 0 heterocycles. The Kier molecular flexibility index (Phi) is 5.78. The predicted octanol–water partition coefficient (Wildman–Crippen LogP) is 3.83. The van der Waals surface area contributed by atoms with E-state index in [4.69, 9.17) is 4.74 Å². The summed E-state index contributed by atoms with van der Waals surface area (Å²) in [6.45, 7) is 7.19. The smallest absolute Gasteiger partial charge is 0.411 e. The Morgan fingerprint density at radius 1 is 1.38 bits per heavy atom. The van der Waals surface area contributed by atoms with Gasteiger partial charge in [-0.25, -0.2) is 9.59 Å². The van der Waals surface area contributed by atoms with E-state index in [2.05, 4.69) is 15.9 Å². The molecule has 0 spiro atoms. The number of benzene rings is 1. The number of halogens is 1. The third-order valence-corrected chi connectivity index (χ3v) is 3.17. The van der Waals surface area contributed by atoms with Crippen LogP contribution in [-0.4, -0.2) is 34.2 Å². The molecule has 0 aliphatic carbocycles. The molecule has 1 rings (SSSR count). The number of carboxylic acids is 1. The van der Waals surface area contributed by atoms with Crippen LogP contribution in [0, 0.1) is 0 Å².